The summed E-state index contributed by atoms with van der Waals surface area (Å²) in [6.07, 6.45) is 4.93. The lowest BCUT2D eigenvalue weighted by molar-refractivity contribution is 0.195. The zero-order chi connectivity index (χ0) is 39.5. The number of fused-ring (bicyclic) bond motifs is 12. The van der Waals surface area contributed by atoms with Crippen molar-refractivity contribution in [3.8, 4) is 33.4 Å². The van der Waals surface area contributed by atoms with Crippen LogP contribution in [0.15, 0.2) is 133 Å². The third kappa shape index (κ3) is 4.25. The van der Waals surface area contributed by atoms with Crippen molar-refractivity contribution < 1.29 is 0 Å². The lowest BCUT2D eigenvalue weighted by atomic mass is 9.43. The molecule has 0 radical (unpaired) electrons. The predicted molar refractivity (Wildman–Crippen MR) is 247 cm³/mol. The van der Waals surface area contributed by atoms with Gasteiger partial charge in [-0.05, 0) is 116 Å². The summed E-state index contributed by atoms with van der Waals surface area (Å²) in [4.78, 5) is 5.68. The Kier molecular flexibility index (Phi) is 6.75. The van der Waals surface area contributed by atoms with Crippen LogP contribution >= 0.6 is 0 Å². The molecule has 0 spiro atoms. The van der Waals surface area contributed by atoms with Crippen LogP contribution < -0.4 is 20.6 Å². The largest absolute Gasteiger partial charge is 0.376 e. The van der Waals surface area contributed by atoms with Crippen LogP contribution in [0.1, 0.15) is 96.4 Å². The average molecular weight is 751 g/mol. The van der Waals surface area contributed by atoms with Crippen molar-refractivity contribution in [2.24, 2.45) is 0 Å². The Morgan fingerprint density at radius 2 is 1.29 bits per heavy atom. The molecule has 3 heteroatoms. The third-order valence-electron chi connectivity index (χ3n) is 15.7. The van der Waals surface area contributed by atoms with Crippen molar-refractivity contribution in [2.45, 2.75) is 95.9 Å². The number of benzene rings is 7. The van der Waals surface area contributed by atoms with E-state index in [0.29, 0.717) is 0 Å². The fourth-order valence-corrected chi connectivity index (χ4v) is 12.4. The van der Waals surface area contributed by atoms with Crippen molar-refractivity contribution >= 4 is 51.3 Å². The molecule has 5 aliphatic rings. The number of nitrogens with zero attached hydrogens (tertiary/aromatic N) is 2. The van der Waals surface area contributed by atoms with Gasteiger partial charge in [-0.1, -0.05) is 164 Å². The van der Waals surface area contributed by atoms with Gasteiger partial charge in [-0.3, -0.25) is 0 Å². The third-order valence-corrected chi connectivity index (χ3v) is 15.7. The normalized spacial score (nSPS) is 21.6. The van der Waals surface area contributed by atoms with E-state index in [9.17, 15) is 0 Å². The molecule has 0 bridgehead atoms. The molecule has 58 heavy (non-hydrogen) atoms. The first kappa shape index (κ1) is 34.5. The highest BCUT2D eigenvalue weighted by Crippen LogP contribution is 2.63. The zero-order valence-electron chi connectivity index (χ0n) is 35.0. The second-order valence-corrected chi connectivity index (χ2v) is 20.0. The fourth-order valence-electron chi connectivity index (χ4n) is 12.4. The van der Waals surface area contributed by atoms with Crippen LogP contribution in [0.3, 0.4) is 0 Å². The molecule has 0 saturated heterocycles. The quantitative estimate of drug-likeness (QED) is 0.162. The standard InChI is InChI=1S/C55H51BN2/c1-52(2,3)37-31-46-51-47(32-37)56-49-43(29-36(34-17-9-8-10-18-34)30-48(49)57(51)55(7)28-16-15-27-54(46,55)6)42-25-23-35-19-11-12-20-39(35)50(42)58(56)38-24-26-41-40-21-13-14-22-44(40)53(4,5)45(41)33-38/h8-14,17-26,29-33H,15-16,27-28H2,1-7H3. The number of hydrogen-bond donors (Lipinski definition) is 0. The Hall–Kier alpha value is -5.54. The van der Waals surface area contributed by atoms with Gasteiger partial charge in [0.05, 0.1) is 5.54 Å². The van der Waals surface area contributed by atoms with E-state index in [0.717, 1.165) is 0 Å². The van der Waals surface area contributed by atoms with Crippen molar-refractivity contribution in [3.63, 3.8) is 0 Å². The minimum absolute atomic E-state index is 0.00583. The summed E-state index contributed by atoms with van der Waals surface area (Å²) in [6.45, 7) is 17.3. The first-order valence-corrected chi connectivity index (χ1v) is 21.7. The van der Waals surface area contributed by atoms with Gasteiger partial charge in [-0.15, -0.1) is 0 Å². The highest BCUT2D eigenvalue weighted by atomic mass is 15.3. The van der Waals surface area contributed by atoms with Gasteiger partial charge in [-0.2, -0.15) is 0 Å². The van der Waals surface area contributed by atoms with Crippen molar-refractivity contribution in [2.75, 3.05) is 9.71 Å². The van der Waals surface area contributed by atoms with Crippen molar-refractivity contribution in [1.82, 2.24) is 0 Å². The molecule has 3 heterocycles. The summed E-state index contributed by atoms with van der Waals surface area (Å²) < 4.78 is 0. The molecule has 0 N–H and O–H groups in total. The maximum atomic E-state index is 2.89. The van der Waals surface area contributed by atoms with Crippen LogP contribution in [-0.4, -0.2) is 12.4 Å². The Morgan fingerprint density at radius 1 is 0.569 bits per heavy atom. The van der Waals surface area contributed by atoms with Gasteiger partial charge in [-0.25, -0.2) is 0 Å². The van der Waals surface area contributed by atoms with Crippen LogP contribution in [0.25, 0.3) is 44.2 Å². The van der Waals surface area contributed by atoms with Crippen LogP contribution in [0.2, 0.25) is 0 Å². The van der Waals surface area contributed by atoms with E-state index in [2.05, 4.69) is 192 Å². The number of anilines is 4. The Bertz CT molecular complexity index is 2920. The molecule has 7 aromatic carbocycles. The van der Waals surface area contributed by atoms with Gasteiger partial charge in [0.2, 0.25) is 0 Å². The first-order chi connectivity index (χ1) is 27.9. The Morgan fingerprint density at radius 3 is 2.12 bits per heavy atom. The maximum absolute atomic E-state index is 2.89. The molecule has 0 amide bonds. The lowest BCUT2D eigenvalue weighted by Crippen LogP contribution is -2.64. The number of hydrogen-bond acceptors (Lipinski definition) is 2. The molecule has 2 nitrogen and oxygen atoms in total. The monoisotopic (exact) mass is 750 g/mol. The fraction of sp³-hybridized carbons (Fsp3) is 0.273. The first-order valence-electron chi connectivity index (χ1n) is 21.7. The average Bonchev–Trinajstić information content (AvgIpc) is 3.59. The van der Waals surface area contributed by atoms with Crippen LogP contribution in [0, 0.1) is 0 Å². The van der Waals surface area contributed by atoms with Gasteiger partial charge in [0.25, 0.3) is 0 Å². The van der Waals surface area contributed by atoms with Crippen molar-refractivity contribution in [1.29, 1.82) is 0 Å². The van der Waals surface area contributed by atoms with Gasteiger partial charge in [0, 0.05) is 44.5 Å². The molecule has 284 valence electrons. The van der Waals surface area contributed by atoms with E-state index in [-0.39, 0.29) is 28.6 Å². The Balaban J connectivity index is 1.24. The van der Waals surface area contributed by atoms with E-state index in [1.54, 1.807) is 5.56 Å². The molecule has 0 aromatic heterocycles. The summed E-state index contributed by atoms with van der Waals surface area (Å²) >= 11 is 0. The highest BCUT2D eigenvalue weighted by Gasteiger charge is 2.62. The van der Waals surface area contributed by atoms with Gasteiger partial charge in [0.1, 0.15) is 0 Å². The molecule has 7 aromatic rings. The van der Waals surface area contributed by atoms with Crippen molar-refractivity contribution in [3.05, 3.63) is 156 Å². The maximum Gasteiger partial charge on any atom is 0.333 e. The SMILES string of the molecule is CC(C)(C)c1cc2c3c(c1)C1(C)CCCCC1(C)N3c1cc(-c3ccccc3)cc3c1B2N(c1ccc2c(c1)C(C)(C)c1ccccc1-2)c1c-3ccc2ccccc12. The van der Waals surface area contributed by atoms with Gasteiger partial charge >= 0.3 is 6.85 Å². The molecular formula is C55H51BN2. The lowest BCUT2D eigenvalue weighted by Gasteiger charge is -2.53. The molecule has 2 unspecified atom stereocenters. The van der Waals surface area contributed by atoms with E-state index >= 15 is 0 Å². The molecule has 2 atom stereocenters. The predicted octanol–water partition coefficient (Wildman–Crippen LogP) is 13.1. The van der Waals surface area contributed by atoms with Crippen LogP contribution in [-0.2, 0) is 16.2 Å². The summed E-state index contributed by atoms with van der Waals surface area (Å²) in [5, 5.41) is 2.58. The molecule has 1 fully saturated rings. The minimum atomic E-state index is -0.109. The summed E-state index contributed by atoms with van der Waals surface area (Å²) in [6, 6.07) is 51.9. The molecule has 1 saturated carbocycles. The summed E-state index contributed by atoms with van der Waals surface area (Å²) in [5.74, 6) is 0. The molecule has 3 aliphatic heterocycles. The smallest absolute Gasteiger partial charge is 0.333 e. The summed E-state index contributed by atoms with van der Waals surface area (Å²) in [7, 11) is 0. The Labute approximate surface area is 344 Å². The van der Waals surface area contributed by atoms with Gasteiger partial charge in [0.15, 0.2) is 0 Å². The van der Waals surface area contributed by atoms with Gasteiger partial charge < -0.3 is 9.71 Å². The molecule has 2 aliphatic carbocycles. The van der Waals surface area contributed by atoms with Crippen LogP contribution in [0.4, 0.5) is 22.7 Å². The van der Waals surface area contributed by atoms with Crippen LogP contribution in [0.5, 0.6) is 0 Å². The second kappa shape index (κ2) is 11.3. The van der Waals surface area contributed by atoms with E-state index in [4.69, 9.17) is 0 Å². The number of rotatable bonds is 2. The summed E-state index contributed by atoms with van der Waals surface area (Å²) in [5.41, 5.74) is 22.0. The van der Waals surface area contributed by atoms with E-state index in [1.807, 2.05) is 0 Å². The molecule has 12 rings (SSSR count). The zero-order valence-corrected chi connectivity index (χ0v) is 35.0. The minimum Gasteiger partial charge on any atom is -0.376 e. The highest BCUT2D eigenvalue weighted by molar-refractivity contribution is 6.94. The topological polar surface area (TPSA) is 6.48 Å². The second-order valence-electron chi connectivity index (χ2n) is 20.0. The molecular weight excluding hydrogens is 699 g/mol. The van der Waals surface area contributed by atoms with E-state index < -0.39 is 0 Å². The van der Waals surface area contributed by atoms with E-state index in [1.165, 1.54) is 120 Å².